The van der Waals surface area contributed by atoms with Crippen LogP contribution in [-0.2, 0) is 4.79 Å². The van der Waals surface area contributed by atoms with E-state index in [-0.39, 0.29) is 17.9 Å². The second-order valence-corrected chi connectivity index (χ2v) is 8.12. The van der Waals surface area contributed by atoms with Crippen molar-refractivity contribution < 1.29 is 9.59 Å². The van der Waals surface area contributed by atoms with Gasteiger partial charge in [0.2, 0.25) is 5.91 Å². The van der Waals surface area contributed by atoms with E-state index in [2.05, 4.69) is 10.1 Å². The summed E-state index contributed by atoms with van der Waals surface area (Å²) in [4.78, 5) is 33.2. The van der Waals surface area contributed by atoms with Crippen LogP contribution in [0.2, 0.25) is 0 Å². The quantitative estimate of drug-likeness (QED) is 0.828. The lowest BCUT2D eigenvalue weighted by molar-refractivity contribution is -0.143. The SMILES string of the molecule is CN(C)C(=O)c1cnn2c([C@@H]3CCCCN3C(=O)C(C)(C)C)ccnc12. The number of hydrogen-bond donors (Lipinski definition) is 0. The highest BCUT2D eigenvalue weighted by Crippen LogP contribution is 2.34. The fourth-order valence-electron chi connectivity index (χ4n) is 3.47. The molecule has 0 spiro atoms. The molecule has 3 heterocycles. The van der Waals surface area contributed by atoms with Gasteiger partial charge in [-0.05, 0) is 25.3 Å². The van der Waals surface area contributed by atoms with Crippen molar-refractivity contribution in [3.8, 4) is 0 Å². The van der Waals surface area contributed by atoms with Crippen molar-refractivity contribution in [2.45, 2.75) is 46.1 Å². The van der Waals surface area contributed by atoms with E-state index in [4.69, 9.17) is 0 Å². The summed E-state index contributed by atoms with van der Waals surface area (Å²) in [5, 5.41) is 4.42. The van der Waals surface area contributed by atoms with Gasteiger partial charge >= 0.3 is 0 Å². The van der Waals surface area contributed by atoms with Gasteiger partial charge in [0.05, 0.1) is 17.9 Å². The summed E-state index contributed by atoms with van der Waals surface area (Å²) in [6.45, 7) is 6.59. The summed E-state index contributed by atoms with van der Waals surface area (Å²) in [6.07, 6.45) is 6.22. The highest BCUT2D eigenvalue weighted by molar-refractivity contribution is 5.99. The van der Waals surface area contributed by atoms with Crippen LogP contribution in [0.25, 0.3) is 5.65 Å². The number of likely N-dealkylation sites (tertiary alicyclic amines) is 1. The van der Waals surface area contributed by atoms with E-state index < -0.39 is 5.41 Å². The maximum atomic E-state index is 13.0. The average molecular weight is 357 g/mol. The molecule has 26 heavy (non-hydrogen) atoms. The van der Waals surface area contributed by atoms with Crippen molar-refractivity contribution in [1.29, 1.82) is 0 Å². The van der Waals surface area contributed by atoms with Crippen LogP contribution in [0.4, 0.5) is 0 Å². The molecule has 1 aliphatic heterocycles. The summed E-state index contributed by atoms with van der Waals surface area (Å²) < 4.78 is 1.72. The van der Waals surface area contributed by atoms with Crippen molar-refractivity contribution in [2.24, 2.45) is 5.41 Å². The van der Waals surface area contributed by atoms with Crippen LogP contribution in [0.5, 0.6) is 0 Å². The highest BCUT2D eigenvalue weighted by atomic mass is 16.2. The second kappa shape index (κ2) is 6.70. The molecular weight excluding hydrogens is 330 g/mol. The third-order valence-electron chi connectivity index (χ3n) is 4.81. The molecule has 1 fully saturated rings. The number of fused-ring (bicyclic) bond motifs is 1. The number of piperidine rings is 1. The van der Waals surface area contributed by atoms with Gasteiger partial charge in [-0.3, -0.25) is 9.59 Å². The number of carbonyl (C=O) groups excluding carboxylic acids is 2. The van der Waals surface area contributed by atoms with Crippen molar-refractivity contribution in [3.05, 3.63) is 29.7 Å². The number of aromatic nitrogens is 3. The molecule has 1 atom stereocenters. The predicted molar refractivity (Wildman–Crippen MR) is 98.8 cm³/mol. The van der Waals surface area contributed by atoms with Gasteiger partial charge in [-0.25, -0.2) is 9.50 Å². The van der Waals surface area contributed by atoms with Gasteiger partial charge in [0, 0.05) is 32.3 Å². The summed E-state index contributed by atoms with van der Waals surface area (Å²) in [6, 6.07) is 1.85. The van der Waals surface area contributed by atoms with Gasteiger partial charge in [0.25, 0.3) is 5.91 Å². The molecule has 0 aromatic carbocycles. The van der Waals surface area contributed by atoms with Crippen LogP contribution < -0.4 is 0 Å². The minimum absolute atomic E-state index is 0.0526. The zero-order valence-corrected chi connectivity index (χ0v) is 16.2. The maximum absolute atomic E-state index is 13.0. The van der Waals surface area contributed by atoms with Crippen LogP contribution in [0.1, 0.15) is 62.1 Å². The van der Waals surface area contributed by atoms with E-state index in [1.54, 1.807) is 31.0 Å². The number of rotatable bonds is 2. The molecule has 2 aromatic rings. The van der Waals surface area contributed by atoms with Crippen LogP contribution in [0.3, 0.4) is 0 Å². The Bertz CT molecular complexity index is 834. The van der Waals surface area contributed by atoms with Crippen molar-refractivity contribution >= 4 is 17.5 Å². The van der Waals surface area contributed by atoms with Crippen molar-refractivity contribution in [2.75, 3.05) is 20.6 Å². The summed E-state index contributed by atoms with van der Waals surface area (Å²) in [7, 11) is 3.42. The minimum Gasteiger partial charge on any atom is -0.345 e. The lowest BCUT2D eigenvalue weighted by Gasteiger charge is -2.39. The second-order valence-electron chi connectivity index (χ2n) is 8.12. The molecule has 2 aromatic heterocycles. The molecule has 0 saturated carbocycles. The van der Waals surface area contributed by atoms with Crippen LogP contribution in [0.15, 0.2) is 18.5 Å². The summed E-state index contributed by atoms with van der Waals surface area (Å²) in [5.74, 6) is 0.0137. The van der Waals surface area contributed by atoms with E-state index in [1.807, 2.05) is 31.7 Å². The maximum Gasteiger partial charge on any atom is 0.258 e. The Hall–Kier alpha value is -2.44. The molecule has 0 radical (unpaired) electrons. The third-order valence-corrected chi connectivity index (χ3v) is 4.81. The topological polar surface area (TPSA) is 70.8 Å². The average Bonchev–Trinajstić information content (AvgIpc) is 3.03. The van der Waals surface area contributed by atoms with E-state index in [0.717, 1.165) is 31.5 Å². The van der Waals surface area contributed by atoms with Gasteiger partial charge in [-0.1, -0.05) is 20.8 Å². The van der Waals surface area contributed by atoms with E-state index in [1.165, 1.54) is 4.90 Å². The fraction of sp³-hybridized carbons (Fsp3) is 0.579. The number of hydrogen-bond acceptors (Lipinski definition) is 4. The lowest BCUT2D eigenvalue weighted by atomic mass is 9.90. The highest BCUT2D eigenvalue weighted by Gasteiger charge is 2.35. The Morgan fingerprint density at radius 3 is 2.62 bits per heavy atom. The summed E-state index contributed by atoms with van der Waals surface area (Å²) in [5.41, 5.74) is 1.49. The fourth-order valence-corrected chi connectivity index (χ4v) is 3.47. The lowest BCUT2D eigenvalue weighted by Crippen LogP contribution is -2.44. The Morgan fingerprint density at radius 1 is 1.23 bits per heavy atom. The zero-order chi connectivity index (χ0) is 19.1. The van der Waals surface area contributed by atoms with Crippen LogP contribution in [-0.4, -0.2) is 56.9 Å². The molecule has 7 nitrogen and oxygen atoms in total. The van der Waals surface area contributed by atoms with E-state index in [0.29, 0.717) is 11.2 Å². The Balaban J connectivity index is 2.06. The Labute approximate surface area is 154 Å². The van der Waals surface area contributed by atoms with Gasteiger partial charge in [0.1, 0.15) is 5.56 Å². The number of amides is 2. The molecule has 0 unspecified atom stereocenters. The van der Waals surface area contributed by atoms with Gasteiger partial charge in [0.15, 0.2) is 5.65 Å². The minimum atomic E-state index is -0.433. The molecule has 0 bridgehead atoms. The largest absolute Gasteiger partial charge is 0.345 e. The first kappa shape index (κ1) is 18.4. The smallest absolute Gasteiger partial charge is 0.258 e. The van der Waals surface area contributed by atoms with Crippen LogP contribution >= 0.6 is 0 Å². The monoisotopic (exact) mass is 357 g/mol. The molecule has 0 aliphatic carbocycles. The molecule has 3 rings (SSSR count). The van der Waals surface area contributed by atoms with Crippen LogP contribution in [0, 0.1) is 5.41 Å². The van der Waals surface area contributed by atoms with E-state index in [9.17, 15) is 9.59 Å². The molecule has 1 saturated heterocycles. The Morgan fingerprint density at radius 2 is 1.96 bits per heavy atom. The number of nitrogens with zero attached hydrogens (tertiary/aromatic N) is 5. The standard InChI is InChI=1S/C19H27N5O2/c1-19(2,3)18(26)23-11-7-6-8-14(23)15-9-10-20-16-13(12-21-24(15)16)17(25)22(4)5/h9-10,12,14H,6-8,11H2,1-5H3/t14-/m0/s1. The molecular formula is C19H27N5O2. The van der Waals surface area contributed by atoms with Crippen molar-refractivity contribution in [3.63, 3.8) is 0 Å². The first-order chi connectivity index (χ1) is 12.2. The van der Waals surface area contributed by atoms with Gasteiger partial charge in [-0.2, -0.15) is 5.10 Å². The predicted octanol–water partition coefficient (Wildman–Crippen LogP) is 2.53. The van der Waals surface area contributed by atoms with Crippen molar-refractivity contribution in [1.82, 2.24) is 24.4 Å². The molecule has 2 amide bonds. The molecule has 1 aliphatic rings. The first-order valence-electron chi connectivity index (χ1n) is 9.07. The molecule has 7 heteroatoms. The van der Waals surface area contributed by atoms with Gasteiger partial charge in [-0.15, -0.1) is 0 Å². The summed E-state index contributed by atoms with van der Waals surface area (Å²) >= 11 is 0. The van der Waals surface area contributed by atoms with E-state index >= 15 is 0 Å². The Kier molecular flexibility index (Phi) is 4.73. The van der Waals surface area contributed by atoms with Gasteiger partial charge < -0.3 is 9.80 Å². The molecule has 140 valence electrons. The normalized spacial score (nSPS) is 18.2. The zero-order valence-electron chi connectivity index (χ0n) is 16.2. The first-order valence-corrected chi connectivity index (χ1v) is 9.07. The third kappa shape index (κ3) is 3.18. The number of carbonyl (C=O) groups is 2. The molecule has 0 N–H and O–H groups in total.